The molecule has 0 N–H and O–H groups in total. The Labute approximate surface area is 126 Å². The van der Waals surface area contributed by atoms with E-state index in [1.807, 2.05) is 6.08 Å². The summed E-state index contributed by atoms with van der Waals surface area (Å²) < 4.78 is 0. The van der Waals surface area contributed by atoms with Crippen molar-refractivity contribution < 1.29 is 0 Å². The number of rotatable bonds is 8. The minimum atomic E-state index is 0.521. The first-order chi connectivity index (χ1) is 9.58. The molecule has 3 aliphatic carbocycles. The summed E-state index contributed by atoms with van der Waals surface area (Å²) in [6, 6.07) is 0. The van der Waals surface area contributed by atoms with Crippen LogP contribution in [0, 0.1) is 16.7 Å². The van der Waals surface area contributed by atoms with Crippen LogP contribution in [0.3, 0.4) is 0 Å². The van der Waals surface area contributed by atoms with Crippen molar-refractivity contribution in [2.45, 2.75) is 71.6 Å². The maximum Gasteiger partial charge on any atom is -0.00314 e. The topological polar surface area (TPSA) is 0 Å². The fourth-order valence-corrected chi connectivity index (χ4v) is 4.74. The van der Waals surface area contributed by atoms with Gasteiger partial charge in [-0.3, -0.25) is 0 Å². The van der Waals surface area contributed by atoms with Crippen molar-refractivity contribution in [3.05, 3.63) is 37.0 Å². The molecule has 3 aliphatic rings. The first-order valence-corrected chi connectivity index (χ1v) is 8.50. The molecule has 0 heteroatoms. The molecule has 3 fully saturated rings. The molecular formula is C20H32. The lowest BCUT2D eigenvalue weighted by molar-refractivity contribution is -0.126. The molecule has 0 saturated heterocycles. The molecule has 112 valence electrons. The van der Waals surface area contributed by atoms with E-state index in [1.54, 1.807) is 5.57 Å². The highest BCUT2D eigenvalue weighted by molar-refractivity contribution is 5.30. The number of unbranched alkanes of at least 4 members (excludes halogenated alkanes) is 3. The summed E-state index contributed by atoms with van der Waals surface area (Å²) in [7, 11) is 0. The van der Waals surface area contributed by atoms with Gasteiger partial charge >= 0.3 is 0 Å². The Balaban J connectivity index is 2.08. The van der Waals surface area contributed by atoms with E-state index in [-0.39, 0.29) is 0 Å². The van der Waals surface area contributed by atoms with Crippen LogP contribution in [0.4, 0.5) is 0 Å². The van der Waals surface area contributed by atoms with E-state index >= 15 is 0 Å². The van der Waals surface area contributed by atoms with Crippen LogP contribution < -0.4 is 0 Å². The first kappa shape index (κ1) is 15.6. The van der Waals surface area contributed by atoms with Crippen molar-refractivity contribution in [2.75, 3.05) is 0 Å². The molecule has 2 atom stereocenters. The van der Waals surface area contributed by atoms with Gasteiger partial charge in [-0.15, -0.1) is 13.2 Å². The fraction of sp³-hybridized carbons (Fsp3) is 0.700. The minimum Gasteiger partial charge on any atom is -0.103 e. The summed E-state index contributed by atoms with van der Waals surface area (Å²) in [6.45, 7) is 12.7. The van der Waals surface area contributed by atoms with E-state index in [0.717, 1.165) is 12.3 Å². The van der Waals surface area contributed by atoms with Crippen LogP contribution in [0.25, 0.3) is 0 Å². The lowest BCUT2D eigenvalue weighted by Crippen LogP contribution is -2.58. The molecular weight excluding hydrogens is 240 g/mol. The van der Waals surface area contributed by atoms with Gasteiger partial charge in [-0.25, -0.2) is 0 Å². The molecule has 0 amide bonds. The zero-order chi connectivity index (χ0) is 14.6. The molecule has 20 heavy (non-hydrogen) atoms. The molecule has 0 radical (unpaired) electrons. The van der Waals surface area contributed by atoms with E-state index in [1.165, 1.54) is 51.4 Å². The molecule has 3 saturated carbocycles. The Kier molecular flexibility index (Phi) is 4.94. The second-order valence-electron chi connectivity index (χ2n) is 7.37. The van der Waals surface area contributed by atoms with Gasteiger partial charge in [0, 0.05) is 0 Å². The average molecular weight is 272 g/mol. The second-order valence-corrected chi connectivity index (χ2v) is 7.37. The lowest BCUT2D eigenvalue weighted by atomic mass is 9.37. The van der Waals surface area contributed by atoms with Gasteiger partial charge in [0.2, 0.25) is 0 Å². The van der Waals surface area contributed by atoms with Gasteiger partial charge in [-0.2, -0.15) is 0 Å². The molecule has 0 aromatic rings. The summed E-state index contributed by atoms with van der Waals surface area (Å²) in [5.41, 5.74) is 2.84. The third-order valence-electron chi connectivity index (χ3n) is 6.24. The minimum absolute atomic E-state index is 0.521. The summed E-state index contributed by atoms with van der Waals surface area (Å²) in [5, 5.41) is 0. The SMILES string of the molecule is C=CCCCC=C1CCC2CC1(CCCC=C)C2(C)C. The Morgan fingerprint density at radius 2 is 1.80 bits per heavy atom. The number of allylic oxidation sites excluding steroid dienone is 4. The zero-order valence-corrected chi connectivity index (χ0v) is 13.6. The van der Waals surface area contributed by atoms with Crippen molar-refractivity contribution in [2.24, 2.45) is 16.7 Å². The van der Waals surface area contributed by atoms with E-state index < -0.39 is 0 Å². The van der Waals surface area contributed by atoms with Crippen LogP contribution in [0.15, 0.2) is 37.0 Å². The van der Waals surface area contributed by atoms with Crippen LogP contribution in [0.2, 0.25) is 0 Å². The average Bonchev–Trinajstić information content (AvgIpc) is 2.44. The van der Waals surface area contributed by atoms with Crippen molar-refractivity contribution in [3.8, 4) is 0 Å². The zero-order valence-electron chi connectivity index (χ0n) is 13.6. The normalized spacial score (nSPS) is 32.7. The van der Waals surface area contributed by atoms with E-state index in [9.17, 15) is 0 Å². The molecule has 3 rings (SSSR count). The van der Waals surface area contributed by atoms with Gasteiger partial charge in [0.25, 0.3) is 0 Å². The van der Waals surface area contributed by atoms with Crippen LogP contribution >= 0.6 is 0 Å². The molecule has 0 heterocycles. The maximum atomic E-state index is 3.88. The Bertz CT molecular complexity index is 385. The predicted octanol–water partition coefficient (Wildman–Crippen LogP) is 6.45. The van der Waals surface area contributed by atoms with Gasteiger partial charge < -0.3 is 0 Å². The molecule has 0 aliphatic heterocycles. The van der Waals surface area contributed by atoms with Gasteiger partial charge in [-0.1, -0.05) is 37.6 Å². The fourth-order valence-electron chi connectivity index (χ4n) is 4.74. The largest absolute Gasteiger partial charge is 0.103 e. The monoisotopic (exact) mass is 272 g/mol. The van der Waals surface area contributed by atoms with Gasteiger partial charge in [0.05, 0.1) is 0 Å². The van der Waals surface area contributed by atoms with Crippen molar-refractivity contribution in [1.29, 1.82) is 0 Å². The molecule has 0 aromatic carbocycles. The van der Waals surface area contributed by atoms with Crippen molar-refractivity contribution in [1.82, 2.24) is 0 Å². The standard InChI is InChI=1S/C20H32/c1-5-7-9-10-12-17-13-14-18-16-20(17,19(18,3)4)15-11-8-6-2/h5-6,12,18H,1-2,7-11,13-16H2,3-4H3. The maximum absolute atomic E-state index is 3.88. The van der Waals surface area contributed by atoms with Crippen molar-refractivity contribution >= 4 is 0 Å². The van der Waals surface area contributed by atoms with Crippen LogP contribution in [-0.2, 0) is 0 Å². The van der Waals surface area contributed by atoms with Crippen LogP contribution in [0.5, 0.6) is 0 Å². The van der Waals surface area contributed by atoms with Gasteiger partial charge in [-0.05, 0) is 74.5 Å². The highest BCUT2D eigenvalue weighted by Crippen LogP contribution is 2.71. The molecule has 0 aromatic heterocycles. The third kappa shape index (κ3) is 2.54. The highest BCUT2D eigenvalue weighted by Gasteiger charge is 2.62. The molecule has 0 nitrogen and oxygen atoms in total. The second kappa shape index (κ2) is 6.33. The number of hydrogen-bond acceptors (Lipinski definition) is 0. The highest BCUT2D eigenvalue weighted by atomic mass is 14.7. The van der Waals surface area contributed by atoms with Gasteiger partial charge in [0.1, 0.15) is 0 Å². The molecule has 2 unspecified atom stereocenters. The summed E-state index contributed by atoms with van der Waals surface area (Å²) in [6.07, 6.45) is 18.5. The predicted molar refractivity (Wildman–Crippen MR) is 89.7 cm³/mol. The van der Waals surface area contributed by atoms with Crippen LogP contribution in [0.1, 0.15) is 71.6 Å². The number of hydrogen-bond donors (Lipinski definition) is 0. The lowest BCUT2D eigenvalue weighted by Gasteiger charge is -2.67. The third-order valence-corrected chi connectivity index (χ3v) is 6.24. The first-order valence-electron chi connectivity index (χ1n) is 8.50. The van der Waals surface area contributed by atoms with Crippen LogP contribution in [-0.4, -0.2) is 0 Å². The summed E-state index contributed by atoms with van der Waals surface area (Å²) in [5.74, 6) is 0.969. The molecule has 0 spiro atoms. The number of fused-ring (bicyclic) bond motifs is 2. The Hall–Kier alpha value is -0.780. The van der Waals surface area contributed by atoms with E-state index in [2.05, 4.69) is 39.2 Å². The Morgan fingerprint density at radius 3 is 2.45 bits per heavy atom. The Morgan fingerprint density at radius 1 is 1.10 bits per heavy atom. The molecule has 2 bridgehead atoms. The van der Waals surface area contributed by atoms with Crippen molar-refractivity contribution in [3.63, 3.8) is 0 Å². The quantitative estimate of drug-likeness (QED) is 0.352. The van der Waals surface area contributed by atoms with Gasteiger partial charge in [0.15, 0.2) is 0 Å². The van der Waals surface area contributed by atoms with E-state index in [0.29, 0.717) is 10.8 Å². The van der Waals surface area contributed by atoms with E-state index in [4.69, 9.17) is 0 Å². The summed E-state index contributed by atoms with van der Waals surface area (Å²) >= 11 is 0. The smallest absolute Gasteiger partial charge is 0.00314 e. The summed E-state index contributed by atoms with van der Waals surface area (Å²) in [4.78, 5) is 0.